The SMILES string of the molecule is COc1cc(C=Nn2c(-c3cc4c(OC)cccc4o3)nc3ccccc3c2=O)cc(Br)c1OCc1ccccc1. The average Bonchev–Trinajstić information content (AvgIpc) is 3.45. The fourth-order valence-electron chi connectivity index (χ4n) is 4.52. The van der Waals surface area contributed by atoms with Gasteiger partial charge < -0.3 is 18.6 Å². The van der Waals surface area contributed by atoms with Crippen molar-refractivity contribution in [2.45, 2.75) is 6.61 Å². The largest absolute Gasteiger partial charge is 0.496 e. The maximum Gasteiger partial charge on any atom is 0.282 e. The summed E-state index contributed by atoms with van der Waals surface area (Å²) in [4.78, 5) is 18.4. The number of methoxy groups -OCH3 is 2. The summed E-state index contributed by atoms with van der Waals surface area (Å²) in [5.74, 6) is 2.38. The summed E-state index contributed by atoms with van der Waals surface area (Å²) in [5, 5.41) is 5.77. The maximum absolute atomic E-state index is 13.6. The van der Waals surface area contributed by atoms with Crippen molar-refractivity contribution in [2.24, 2.45) is 5.10 Å². The smallest absolute Gasteiger partial charge is 0.282 e. The van der Waals surface area contributed by atoms with Crippen LogP contribution < -0.4 is 19.8 Å². The summed E-state index contributed by atoms with van der Waals surface area (Å²) in [5.41, 5.74) is 2.53. The number of halogens is 1. The molecule has 2 aromatic heterocycles. The van der Waals surface area contributed by atoms with Crippen molar-refractivity contribution in [3.05, 3.63) is 117 Å². The van der Waals surface area contributed by atoms with E-state index in [2.05, 4.69) is 21.0 Å². The highest BCUT2D eigenvalue weighted by Gasteiger charge is 2.18. The lowest BCUT2D eigenvalue weighted by molar-refractivity contribution is 0.282. The third-order valence-electron chi connectivity index (χ3n) is 6.52. The van der Waals surface area contributed by atoms with Crippen molar-refractivity contribution in [1.29, 1.82) is 0 Å². The van der Waals surface area contributed by atoms with E-state index in [1.54, 1.807) is 50.8 Å². The predicted molar refractivity (Wildman–Crippen MR) is 162 cm³/mol. The molecule has 0 fully saturated rings. The summed E-state index contributed by atoms with van der Waals surface area (Å²) in [7, 11) is 3.17. The van der Waals surface area contributed by atoms with Crippen LogP contribution in [0.15, 0.2) is 110 Å². The number of hydrogen-bond acceptors (Lipinski definition) is 7. The summed E-state index contributed by atoms with van der Waals surface area (Å²) in [6, 6.07) is 28.0. The van der Waals surface area contributed by atoms with Crippen LogP contribution in [0.1, 0.15) is 11.1 Å². The molecule has 0 amide bonds. The lowest BCUT2D eigenvalue weighted by Gasteiger charge is -2.13. The highest BCUT2D eigenvalue weighted by atomic mass is 79.9. The number of fused-ring (bicyclic) bond motifs is 2. The summed E-state index contributed by atoms with van der Waals surface area (Å²) >= 11 is 3.60. The monoisotopic (exact) mass is 609 g/mol. The second-order valence-electron chi connectivity index (χ2n) is 9.11. The molecule has 0 spiro atoms. The molecule has 0 saturated heterocycles. The van der Waals surface area contributed by atoms with Crippen molar-refractivity contribution in [1.82, 2.24) is 9.66 Å². The Labute approximate surface area is 243 Å². The first-order valence-corrected chi connectivity index (χ1v) is 13.5. The van der Waals surface area contributed by atoms with E-state index >= 15 is 0 Å². The van der Waals surface area contributed by atoms with Crippen LogP contribution in [0.2, 0.25) is 0 Å². The Morgan fingerprint density at radius 1 is 0.902 bits per heavy atom. The van der Waals surface area contributed by atoms with Crippen LogP contribution >= 0.6 is 15.9 Å². The predicted octanol–water partition coefficient (Wildman–Crippen LogP) is 7.05. The number of ether oxygens (including phenoxy) is 3. The van der Waals surface area contributed by atoms with Gasteiger partial charge in [-0.1, -0.05) is 48.5 Å². The van der Waals surface area contributed by atoms with E-state index in [9.17, 15) is 4.79 Å². The van der Waals surface area contributed by atoms with Crippen LogP contribution in [0.25, 0.3) is 33.5 Å². The minimum Gasteiger partial charge on any atom is -0.496 e. The van der Waals surface area contributed by atoms with E-state index in [0.717, 1.165) is 10.9 Å². The van der Waals surface area contributed by atoms with Gasteiger partial charge in [0.25, 0.3) is 5.56 Å². The van der Waals surface area contributed by atoms with Crippen LogP contribution in [0, 0.1) is 0 Å². The van der Waals surface area contributed by atoms with Gasteiger partial charge in [-0.2, -0.15) is 9.78 Å². The number of rotatable bonds is 8. The molecule has 6 rings (SSSR count). The molecule has 4 aromatic carbocycles. The zero-order valence-corrected chi connectivity index (χ0v) is 23.8. The highest BCUT2D eigenvalue weighted by molar-refractivity contribution is 9.10. The van der Waals surface area contributed by atoms with Gasteiger partial charge in [0.05, 0.1) is 41.2 Å². The molecule has 0 radical (unpaired) electrons. The van der Waals surface area contributed by atoms with Gasteiger partial charge in [0.2, 0.25) is 5.82 Å². The topological polar surface area (TPSA) is 88.1 Å². The first-order chi connectivity index (χ1) is 20.1. The molecule has 204 valence electrons. The third kappa shape index (κ3) is 5.19. The summed E-state index contributed by atoms with van der Waals surface area (Å²) < 4.78 is 25.2. The van der Waals surface area contributed by atoms with E-state index in [0.29, 0.717) is 56.1 Å². The van der Waals surface area contributed by atoms with Crippen LogP contribution in [0.4, 0.5) is 0 Å². The van der Waals surface area contributed by atoms with Gasteiger partial charge >= 0.3 is 0 Å². The van der Waals surface area contributed by atoms with Gasteiger partial charge in [-0.25, -0.2) is 4.98 Å². The number of furan rings is 1. The van der Waals surface area contributed by atoms with Gasteiger partial charge in [-0.05, 0) is 69.5 Å². The Balaban J connectivity index is 1.42. The fraction of sp³-hybridized carbons (Fsp3) is 0.0938. The van der Waals surface area contributed by atoms with Crippen molar-refractivity contribution in [3.63, 3.8) is 0 Å². The van der Waals surface area contributed by atoms with Gasteiger partial charge in [-0.3, -0.25) is 4.79 Å². The molecule has 0 aliphatic heterocycles. The zero-order chi connectivity index (χ0) is 28.3. The number of aromatic nitrogens is 2. The molecule has 0 N–H and O–H groups in total. The van der Waals surface area contributed by atoms with E-state index < -0.39 is 0 Å². The second-order valence-corrected chi connectivity index (χ2v) is 9.96. The molecule has 0 aliphatic rings. The minimum atomic E-state index is -0.330. The van der Waals surface area contributed by atoms with Crippen molar-refractivity contribution in [2.75, 3.05) is 14.2 Å². The molecule has 2 heterocycles. The fourth-order valence-corrected chi connectivity index (χ4v) is 5.10. The van der Waals surface area contributed by atoms with Gasteiger partial charge in [0.15, 0.2) is 17.3 Å². The molecule has 9 heteroatoms. The molecule has 0 aliphatic carbocycles. The molecule has 0 saturated carbocycles. The Bertz CT molecular complexity index is 1960. The van der Waals surface area contributed by atoms with Crippen molar-refractivity contribution in [3.8, 4) is 28.8 Å². The first-order valence-electron chi connectivity index (χ1n) is 12.7. The maximum atomic E-state index is 13.6. The average molecular weight is 610 g/mol. The standard InChI is InChI=1S/C32H24BrN3O5/c1-38-26-13-8-14-27-23(26)17-29(41-27)31-35-25-12-7-6-11-22(25)32(37)36(31)34-18-21-15-24(33)30(28(16-21)39-2)40-19-20-9-4-3-5-10-20/h3-18H,19H2,1-2H3. The quantitative estimate of drug-likeness (QED) is 0.172. The molecule has 0 atom stereocenters. The highest BCUT2D eigenvalue weighted by Crippen LogP contribution is 2.37. The Kier molecular flexibility index (Phi) is 7.26. The van der Waals surface area contributed by atoms with Crippen molar-refractivity contribution >= 4 is 44.0 Å². The molecule has 0 unspecified atom stereocenters. The lowest BCUT2D eigenvalue weighted by Crippen LogP contribution is -2.20. The van der Waals surface area contributed by atoms with Gasteiger partial charge in [0.1, 0.15) is 17.9 Å². The Hall–Kier alpha value is -4.89. The first kappa shape index (κ1) is 26.3. The number of nitrogens with zero attached hydrogens (tertiary/aromatic N) is 3. The van der Waals surface area contributed by atoms with Crippen LogP contribution in [0.5, 0.6) is 17.2 Å². The minimum absolute atomic E-state index is 0.261. The number of benzene rings is 4. The molecular formula is C32H24BrN3O5. The molecular weight excluding hydrogens is 586 g/mol. The Morgan fingerprint density at radius 2 is 1.68 bits per heavy atom. The zero-order valence-electron chi connectivity index (χ0n) is 22.2. The molecule has 41 heavy (non-hydrogen) atoms. The van der Waals surface area contributed by atoms with Crippen molar-refractivity contribution < 1.29 is 18.6 Å². The lowest BCUT2D eigenvalue weighted by atomic mass is 10.2. The third-order valence-corrected chi connectivity index (χ3v) is 7.10. The summed E-state index contributed by atoms with van der Waals surface area (Å²) in [6.07, 6.45) is 1.57. The van der Waals surface area contributed by atoms with E-state index in [4.69, 9.17) is 23.6 Å². The van der Waals surface area contributed by atoms with Gasteiger partial charge in [0, 0.05) is 0 Å². The second kappa shape index (κ2) is 11.3. The molecule has 6 aromatic rings. The van der Waals surface area contributed by atoms with E-state index in [1.807, 2.05) is 60.7 Å². The van der Waals surface area contributed by atoms with Crippen LogP contribution in [-0.2, 0) is 6.61 Å². The van der Waals surface area contributed by atoms with Gasteiger partial charge in [-0.15, -0.1) is 0 Å². The number of hydrogen-bond donors (Lipinski definition) is 0. The Morgan fingerprint density at radius 3 is 2.49 bits per heavy atom. The van der Waals surface area contributed by atoms with Crippen LogP contribution in [0.3, 0.4) is 0 Å². The summed E-state index contributed by atoms with van der Waals surface area (Å²) in [6.45, 7) is 0.382. The number of para-hydroxylation sites is 1. The molecule has 0 bridgehead atoms. The van der Waals surface area contributed by atoms with Crippen LogP contribution in [-0.4, -0.2) is 30.1 Å². The normalized spacial score (nSPS) is 11.4. The van der Waals surface area contributed by atoms with E-state index in [1.165, 1.54) is 4.68 Å². The van der Waals surface area contributed by atoms with E-state index in [-0.39, 0.29) is 11.4 Å². The molecule has 8 nitrogen and oxygen atoms in total.